The Bertz CT molecular complexity index is 859. The smallest absolute Gasteiger partial charge is 0.243 e. The van der Waals surface area contributed by atoms with Crippen molar-refractivity contribution in [3.8, 4) is 0 Å². The molecule has 2 heterocycles. The lowest BCUT2D eigenvalue weighted by atomic mass is 9.99. The minimum Gasteiger partial charge on any atom is -0.348 e. The average Bonchev–Trinajstić information content (AvgIpc) is 3.13. The van der Waals surface area contributed by atoms with E-state index in [1.807, 2.05) is 46.0 Å². The van der Waals surface area contributed by atoms with E-state index < -0.39 is 6.04 Å². The van der Waals surface area contributed by atoms with Crippen molar-refractivity contribution in [1.82, 2.24) is 14.4 Å². The van der Waals surface area contributed by atoms with Crippen LogP contribution in [-0.2, 0) is 16.1 Å². The summed E-state index contributed by atoms with van der Waals surface area (Å²) in [7, 11) is 0. The van der Waals surface area contributed by atoms with Crippen LogP contribution in [0.2, 0.25) is 0 Å². The Morgan fingerprint density at radius 3 is 2.46 bits per heavy atom. The van der Waals surface area contributed by atoms with E-state index >= 15 is 0 Å². The third-order valence-corrected chi connectivity index (χ3v) is 5.26. The fourth-order valence-electron chi connectivity index (χ4n) is 3.76. The summed E-state index contributed by atoms with van der Waals surface area (Å²) in [4.78, 5) is 29.1. The van der Waals surface area contributed by atoms with Gasteiger partial charge in [-0.25, -0.2) is 4.39 Å². The Balaban J connectivity index is 1.94. The summed E-state index contributed by atoms with van der Waals surface area (Å²) in [5.41, 5.74) is 1.36. The summed E-state index contributed by atoms with van der Waals surface area (Å²) in [6, 6.07) is 9.83. The van der Waals surface area contributed by atoms with Crippen molar-refractivity contribution in [3.05, 3.63) is 59.7 Å². The highest BCUT2D eigenvalue weighted by Crippen LogP contribution is 2.34. The maximum atomic E-state index is 14.6. The first-order valence-electron chi connectivity index (χ1n) is 9.80. The zero-order valence-electron chi connectivity index (χ0n) is 16.9. The molecule has 0 aliphatic carbocycles. The molecule has 2 amide bonds. The number of carbonyl (C=O) groups is 2. The predicted molar refractivity (Wildman–Crippen MR) is 106 cm³/mol. The lowest BCUT2D eigenvalue weighted by molar-refractivity contribution is -0.145. The van der Waals surface area contributed by atoms with Crippen molar-refractivity contribution < 1.29 is 14.0 Å². The third-order valence-electron chi connectivity index (χ3n) is 5.26. The molecule has 1 atom stereocenters. The number of halogens is 1. The van der Waals surface area contributed by atoms with Crippen LogP contribution in [0.25, 0.3) is 0 Å². The van der Waals surface area contributed by atoms with E-state index in [0.717, 1.165) is 5.69 Å². The standard InChI is InChI=1S/C22H28FN3O2/c1-15(2)22(28)26(16(3)4)14-20(27)25-13-12-24-11-7-10-19(24)21(25)17-8-5-6-9-18(17)23/h5-11,15-16,21H,12-14H2,1-4H3. The minimum absolute atomic E-state index is 0.000338. The Hall–Kier alpha value is -2.63. The van der Waals surface area contributed by atoms with Gasteiger partial charge in [-0.15, -0.1) is 0 Å². The molecule has 0 fully saturated rings. The molecular formula is C22H28FN3O2. The van der Waals surface area contributed by atoms with E-state index in [0.29, 0.717) is 18.7 Å². The number of fused-ring (bicyclic) bond motifs is 1. The monoisotopic (exact) mass is 385 g/mol. The van der Waals surface area contributed by atoms with Gasteiger partial charge in [-0.05, 0) is 32.0 Å². The van der Waals surface area contributed by atoms with Crippen molar-refractivity contribution in [2.75, 3.05) is 13.1 Å². The Labute approximate surface area is 165 Å². The van der Waals surface area contributed by atoms with E-state index in [1.54, 1.807) is 28.0 Å². The van der Waals surface area contributed by atoms with Gasteiger partial charge in [0.15, 0.2) is 0 Å². The Kier molecular flexibility index (Phi) is 5.87. The zero-order chi connectivity index (χ0) is 20.4. The summed E-state index contributed by atoms with van der Waals surface area (Å²) in [5.74, 6) is -0.732. The van der Waals surface area contributed by atoms with Gasteiger partial charge in [-0.2, -0.15) is 0 Å². The van der Waals surface area contributed by atoms with Crippen LogP contribution in [0.3, 0.4) is 0 Å². The van der Waals surface area contributed by atoms with Gasteiger partial charge in [-0.1, -0.05) is 32.0 Å². The predicted octanol–water partition coefficient (Wildman–Crippen LogP) is 3.45. The highest BCUT2D eigenvalue weighted by molar-refractivity contribution is 5.86. The molecule has 28 heavy (non-hydrogen) atoms. The van der Waals surface area contributed by atoms with Crippen LogP contribution in [0.5, 0.6) is 0 Å². The van der Waals surface area contributed by atoms with Gasteiger partial charge in [0.2, 0.25) is 11.8 Å². The minimum atomic E-state index is -0.499. The molecule has 6 heteroatoms. The molecule has 1 aromatic heterocycles. The van der Waals surface area contributed by atoms with Gasteiger partial charge in [0.05, 0.1) is 0 Å². The van der Waals surface area contributed by atoms with Gasteiger partial charge >= 0.3 is 0 Å². The highest BCUT2D eigenvalue weighted by Gasteiger charge is 2.35. The molecular weight excluding hydrogens is 357 g/mol. The summed E-state index contributed by atoms with van der Waals surface area (Å²) >= 11 is 0. The fraction of sp³-hybridized carbons (Fsp3) is 0.455. The number of hydrogen-bond donors (Lipinski definition) is 0. The molecule has 1 unspecified atom stereocenters. The lowest BCUT2D eigenvalue weighted by Crippen LogP contribution is -2.50. The van der Waals surface area contributed by atoms with Crippen LogP contribution in [0.1, 0.15) is 45.0 Å². The topological polar surface area (TPSA) is 45.6 Å². The van der Waals surface area contributed by atoms with Crippen LogP contribution < -0.4 is 0 Å². The highest BCUT2D eigenvalue weighted by atomic mass is 19.1. The second kappa shape index (κ2) is 8.17. The molecule has 1 aliphatic rings. The zero-order valence-corrected chi connectivity index (χ0v) is 16.9. The summed E-state index contributed by atoms with van der Waals surface area (Å²) in [6.45, 7) is 8.60. The summed E-state index contributed by atoms with van der Waals surface area (Å²) in [5, 5.41) is 0. The molecule has 0 bridgehead atoms. The third kappa shape index (κ3) is 3.81. The fourth-order valence-corrected chi connectivity index (χ4v) is 3.76. The van der Waals surface area contributed by atoms with E-state index in [2.05, 4.69) is 4.57 Å². The molecule has 0 saturated heterocycles. The van der Waals surface area contributed by atoms with Gasteiger partial charge in [-0.3, -0.25) is 9.59 Å². The molecule has 1 aromatic carbocycles. The Morgan fingerprint density at radius 2 is 1.82 bits per heavy atom. The number of benzene rings is 1. The number of amides is 2. The van der Waals surface area contributed by atoms with Gasteiger partial charge in [0.1, 0.15) is 18.4 Å². The van der Waals surface area contributed by atoms with Gasteiger partial charge < -0.3 is 14.4 Å². The largest absolute Gasteiger partial charge is 0.348 e. The molecule has 5 nitrogen and oxygen atoms in total. The molecule has 0 spiro atoms. The SMILES string of the molecule is CC(C)C(=O)N(CC(=O)N1CCn2cccc2C1c1ccccc1F)C(C)C. The first-order chi connectivity index (χ1) is 13.3. The number of carbonyl (C=O) groups excluding carboxylic acids is 2. The molecule has 0 radical (unpaired) electrons. The Morgan fingerprint density at radius 1 is 1.11 bits per heavy atom. The number of rotatable bonds is 5. The first-order valence-corrected chi connectivity index (χ1v) is 9.80. The van der Waals surface area contributed by atoms with Gasteiger partial charge in [0, 0.05) is 42.5 Å². The van der Waals surface area contributed by atoms with Crippen LogP contribution >= 0.6 is 0 Å². The van der Waals surface area contributed by atoms with E-state index in [4.69, 9.17) is 0 Å². The maximum Gasteiger partial charge on any atom is 0.243 e. The maximum absolute atomic E-state index is 14.6. The molecule has 2 aromatic rings. The second-order valence-electron chi connectivity index (χ2n) is 7.85. The van der Waals surface area contributed by atoms with Crippen molar-refractivity contribution in [2.45, 2.75) is 46.3 Å². The summed E-state index contributed by atoms with van der Waals surface area (Å²) < 4.78 is 16.7. The molecule has 1 aliphatic heterocycles. The quantitative estimate of drug-likeness (QED) is 0.791. The molecule has 0 saturated carbocycles. The van der Waals surface area contributed by atoms with Crippen LogP contribution in [0, 0.1) is 11.7 Å². The van der Waals surface area contributed by atoms with Crippen LogP contribution in [0.15, 0.2) is 42.6 Å². The average molecular weight is 385 g/mol. The van der Waals surface area contributed by atoms with Crippen LogP contribution in [0.4, 0.5) is 4.39 Å². The molecule has 0 N–H and O–H groups in total. The number of nitrogens with zero attached hydrogens (tertiary/aromatic N) is 3. The van der Waals surface area contributed by atoms with Crippen molar-refractivity contribution in [2.24, 2.45) is 5.92 Å². The van der Waals surface area contributed by atoms with Gasteiger partial charge in [0.25, 0.3) is 0 Å². The number of aromatic nitrogens is 1. The van der Waals surface area contributed by atoms with Crippen molar-refractivity contribution in [3.63, 3.8) is 0 Å². The number of hydrogen-bond acceptors (Lipinski definition) is 2. The van der Waals surface area contributed by atoms with Crippen LogP contribution in [-0.4, -0.2) is 45.3 Å². The van der Waals surface area contributed by atoms with E-state index in [9.17, 15) is 14.0 Å². The van der Waals surface area contributed by atoms with Crippen molar-refractivity contribution in [1.29, 1.82) is 0 Å². The normalized spacial score (nSPS) is 16.4. The molecule has 3 rings (SSSR count). The van der Waals surface area contributed by atoms with Crippen molar-refractivity contribution >= 4 is 11.8 Å². The van der Waals surface area contributed by atoms with E-state index in [1.165, 1.54) is 6.07 Å². The second-order valence-corrected chi connectivity index (χ2v) is 7.85. The lowest BCUT2D eigenvalue weighted by Gasteiger charge is -2.39. The first kappa shape index (κ1) is 20.1. The van der Waals surface area contributed by atoms with E-state index in [-0.39, 0.29) is 36.1 Å². The summed E-state index contributed by atoms with van der Waals surface area (Å²) in [6.07, 6.45) is 1.95. The molecule has 150 valence electrons.